The van der Waals surface area contributed by atoms with Gasteiger partial charge < -0.3 is 20.4 Å². The standard InChI is InChI=1S/2C7H4I2O3.Zn/c2*8-4-2-1-3(7(11)12)6(10)5(4)9;/h2*1-2,10H,(H,11,12);/q;;+2/p-2. The first-order chi connectivity index (χ1) is 11.1. The maximum absolute atomic E-state index is 11.2. The van der Waals surface area contributed by atoms with E-state index in [2.05, 4.69) is 0 Å². The third-order valence-corrected chi connectivity index (χ3v) is 8.56. The number of carboxylic acid groups (broad SMARTS) is 2. The molecule has 25 heavy (non-hydrogen) atoms. The summed E-state index contributed by atoms with van der Waals surface area (Å²) in [6, 6.07) is 5.89. The Morgan fingerprint density at radius 3 is 1.24 bits per heavy atom. The molecule has 2 aromatic carbocycles. The van der Waals surface area contributed by atoms with Crippen molar-refractivity contribution < 1.29 is 49.5 Å². The molecule has 2 aromatic rings. The van der Waals surface area contributed by atoms with E-state index in [4.69, 9.17) is 10.2 Å². The minimum atomic E-state index is -1.17. The van der Waals surface area contributed by atoms with Gasteiger partial charge in [-0.15, -0.1) is 0 Å². The normalized spacial score (nSPS) is 9.44. The van der Waals surface area contributed by atoms with Crippen molar-refractivity contribution in [1.82, 2.24) is 0 Å². The van der Waals surface area contributed by atoms with Gasteiger partial charge in [0.05, 0.1) is 11.1 Å². The average Bonchev–Trinajstić information content (AvgIpc) is 2.50. The van der Waals surface area contributed by atoms with Crippen molar-refractivity contribution in [2.75, 3.05) is 0 Å². The van der Waals surface area contributed by atoms with Crippen LogP contribution in [-0.4, -0.2) is 22.2 Å². The van der Waals surface area contributed by atoms with Crippen molar-refractivity contribution in [3.05, 3.63) is 49.7 Å². The Bertz CT molecular complexity index is 745. The van der Waals surface area contributed by atoms with E-state index >= 15 is 0 Å². The van der Waals surface area contributed by atoms with E-state index in [0.717, 1.165) is 7.14 Å². The number of carbonyl (C=O) groups is 2. The van der Waals surface area contributed by atoms with E-state index in [1.165, 1.54) is 12.1 Å². The van der Waals surface area contributed by atoms with E-state index in [1.54, 1.807) is 12.1 Å². The van der Waals surface area contributed by atoms with E-state index in [-0.39, 0.29) is 30.6 Å². The van der Waals surface area contributed by atoms with Crippen molar-refractivity contribution in [2.24, 2.45) is 0 Å². The molecule has 2 rings (SSSR count). The molecule has 6 nitrogen and oxygen atoms in total. The summed E-state index contributed by atoms with van der Waals surface area (Å²) >= 11 is 7.67. The summed E-state index contributed by atoms with van der Waals surface area (Å²) in [6.07, 6.45) is 0. The number of halogens is 4. The van der Waals surface area contributed by atoms with Crippen LogP contribution in [0.3, 0.4) is 0 Å². The van der Waals surface area contributed by atoms with Crippen molar-refractivity contribution in [3.63, 3.8) is 0 Å². The number of aromatic carboxylic acids is 2. The average molecular weight is 843 g/mol. The topological polar surface area (TPSA) is 121 Å². The summed E-state index contributed by atoms with van der Waals surface area (Å²) in [5.74, 6) is -3.16. The molecule has 0 atom stereocenters. The minimum absolute atomic E-state index is 0. The van der Waals surface area contributed by atoms with Crippen LogP contribution in [0.25, 0.3) is 0 Å². The van der Waals surface area contributed by atoms with Crippen molar-refractivity contribution in [1.29, 1.82) is 0 Å². The second-order valence-corrected chi connectivity index (χ2v) is 8.57. The zero-order valence-corrected chi connectivity index (χ0v) is 23.7. The number of hydrogen-bond acceptors (Lipinski definition) is 4. The van der Waals surface area contributed by atoms with Gasteiger partial charge in [-0.1, -0.05) is 11.5 Å². The van der Waals surface area contributed by atoms with Crippen LogP contribution < -0.4 is 10.2 Å². The summed E-state index contributed by atoms with van der Waals surface area (Å²) in [6.45, 7) is 0. The molecule has 0 bridgehead atoms. The molecule has 0 aliphatic carbocycles. The molecule has 0 aliphatic rings. The molecule has 0 fully saturated rings. The minimum Gasteiger partial charge on any atom is -0.871 e. The van der Waals surface area contributed by atoms with E-state index < -0.39 is 23.4 Å². The van der Waals surface area contributed by atoms with Crippen LogP contribution in [0.15, 0.2) is 24.3 Å². The fraction of sp³-hybridized carbons (Fsp3) is 0. The first kappa shape index (κ1) is 25.5. The molecule has 0 aliphatic heterocycles. The van der Waals surface area contributed by atoms with Gasteiger partial charge >= 0.3 is 31.4 Å². The van der Waals surface area contributed by atoms with Gasteiger partial charge in [-0.2, -0.15) is 0 Å². The van der Waals surface area contributed by atoms with Crippen LogP contribution in [0.2, 0.25) is 0 Å². The Morgan fingerprint density at radius 1 is 0.720 bits per heavy atom. The Labute approximate surface area is 210 Å². The molecule has 2 N–H and O–H groups in total. The molecule has 0 radical (unpaired) electrons. The smallest absolute Gasteiger partial charge is 0.871 e. The predicted molar refractivity (Wildman–Crippen MR) is 117 cm³/mol. The third-order valence-electron chi connectivity index (χ3n) is 2.56. The Kier molecular flexibility index (Phi) is 11.6. The molecule has 0 saturated heterocycles. The molecule has 0 amide bonds. The van der Waals surface area contributed by atoms with Crippen molar-refractivity contribution >= 4 is 102 Å². The molecular weight excluding hydrogens is 837 g/mol. The molecule has 0 saturated carbocycles. The van der Waals surface area contributed by atoms with Crippen LogP contribution in [0.4, 0.5) is 0 Å². The number of benzene rings is 2. The van der Waals surface area contributed by atoms with Crippen LogP contribution in [0.1, 0.15) is 20.7 Å². The van der Waals surface area contributed by atoms with Gasteiger partial charge in [0.2, 0.25) is 0 Å². The van der Waals surface area contributed by atoms with Gasteiger partial charge in [0, 0.05) is 14.3 Å². The largest absolute Gasteiger partial charge is 2.00 e. The first-order valence-electron chi connectivity index (χ1n) is 5.84. The van der Waals surface area contributed by atoms with E-state index in [1.807, 2.05) is 90.4 Å². The predicted octanol–water partition coefficient (Wildman–Crippen LogP) is 3.33. The van der Waals surface area contributed by atoms with Gasteiger partial charge in [-0.25, -0.2) is 9.59 Å². The first-order valence-corrected chi connectivity index (χ1v) is 10.2. The third kappa shape index (κ3) is 6.88. The van der Waals surface area contributed by atoms with Gasteiger partial charge in [-0.05, 0) is 115 Å². The molecule has 11 heteroatoms. The number of carboxylic acids is 2. The van der Waals surface area contributed by atoms with Crippen LogP contribution in [0, 0.1) is 14.3 Å². The van der Waals surface area contributed by atoms with E-state index in [9.17, 15) is 19.8 Å². The Morgan fingerprint density at radius 2 is 1.00 bits per heavy atom. The summed E-state index contributed by atoms with van der Waals surface area (Å²) in [7, 11) is 0. The second kappa shape index (κ2) is 11.4. The fourth-order valence-corrected chi connectivity index (χ4v) is 3.19. The van der Waals surface area contributed by atoms with Crippen LogP contribution >= 0.6 is 90.4 Å². The monoisotopic (exact) mass is 842 g/mol. The van der Waals surface area contributed by atoms with Gasteiger partial charge in [0.1, 0.15) is 0 Å². The fourth-order valence-electron chi connectivity index (χ4n) is 1.40. The molecule has 0 spiro atoms. The molecular formula is C14H6I4O6Zn. The molecule has 128 valence electrons. The van der Waals surface area contributed by atoms with Crippen LogP contribution in [0.5, 0.6) is 11.5 Å². The van der Waals surface area contributed by atoms with Gasteiger partial charge in [0.25, 0.3) is 0 Å². The maximum atomic E-state index is 11.2. The maximum Gasteiger partial charge on any atom is 2.00 e. The number of rotatable bonds is 2. The second-order valence-electron chi connectivity index (χ2n) is 4.09. The Balaban J connectivity index is 0.000000443. The van der Waals surface area contributed by atoms with Crippen LogP contribution in [-0.2, 0) is 19.5 Å². The number of hydrogen-bond donors (Lipinski definition) is 2. The van der Waals surface area contributed by atoms with Crippen molar-refractivity contribution in [3.8, 4) is 11.5 Å². The molecule has 0 heterocycles. The summed E-state index contributed by atoms with van der Waals surface area (Å²) in [5.41, 5.74) is -0.334. The SMILES string of the molecule is O=C(O)c1ccc(I)c(I)c1[O-].O=C(O)c1ccc(I)c(I)c1[O-].[Zn+2]. The summed E-state index contributed by atoms with van der Waals surface area (Å²) in [5, 5.41) is 39.6. The van der Waals surface area contributed by atoms with Gasteiger partial charge in [-0.3, -0.25) is 0 Å². The Hall–Kier alpha value is 0.523. The summed E-state index contributed by atoms with van der Waals surface area (Å²) < 4.78 is 2.49. The zero-order chi connectivity index (χ0) is 18.6. The molecule has 0 aromatic heterocycles. The van der Waals surface area contributed by atoms with Gasteiger partial charge in [0.15, 0.2) is 0 Å². The van der Waals surface area contributed by atoms with Crippen molar-refractivity contribution in [2.45, 2.75) is 0 Å². The quantitative estimate of drug-likeness (QED) is 0.354. The molecule has 0 unspecified atom stereocenters. The zero-order valence-electron chi connectivity index (χ0n) is 12.1. The summed E-state index contributed by atoms with van der Waals surface area (Å²) in [4.78, 5) is 21.0. The van der Waals surface area contributed by atoms with E-state index in [0.29, 0.717) is 7.14 Å².